The highest BCUT2D eigenvalue weighted by Gasteiger charge is 2.27. The standard InChI is InChI=1S/C13H22N4O2S/c1-11(2)10-20(18,19)17-7-5-16(6-8-17)12-3-4-13(14)15-9-12/h3-4,9,11H,5-8,10H2,1-2H3,(H2,14,15). The van der Waals surface area contributed by atoms with Gasteiger partial charge in [0.25, 0.3) is 0 Å². The van der Waals surface area contributed by atoms with Gasteiger partial charge in [0, 0.05) is 26.2 Å². The number of nitrogens with two attached hydrogens (primary N) is 1. The zero-order chi connectivity index (χ0) is 14.8. The molecule has 1 fully saturated rings. The van der Waals surface area contributed by atoms with Crippen LogP contribution in [0.4, 0.5) is 11.5 Å². The molecule has 2 heterocycles. The second-order valence-corrected chi connectivity index (χ2v) is 7.51. The summed E-state index contributed by atoms with van der Waals surface area (Å²) in [4.78, 5) is 6.20. The molecule has 20 heavy (non-hydrogen) atoms. The molecule has 0 bridgehead atoms. The third-order valence-corrected chi connectivity index (χ3v) is 5.55. The summed E-state index contributed by atoms with van der Waals surface area (Å²) < 4.78 is 25.9. The monoisotopic (exact) mass is 298 g/mol. The number of piperazine rings is 1. The molecule has 0 saturated carbocycles. The minimum absolute atomic E-state index is 0.152. The third kappa shape index (κ3) is 3.61. The van der Waals surface area contributed by atoms with Gasteiger partial charge in [-0.2, -0.15) is 4.31 Å². The van der Waals surface area contributed by atoms with Crippen molar-refractivity contribution in [2.75, 3.05) is 42.6 Å². The van der Waals surface area contributed by atoms with E-state index in [0.717, 1.165) is 5.69 Å². The molecular formula is C13H22N4O2S. The third-order valence-electron chi connectivity index (χ3n) is 3.31. The second kappa shape index (κ2) is 5.97. The first kappa shape index (κ1) is 15.1. The molecule has 2 N–H and O–H groups in total. The maximum absolute atomic E-state index is 12.2. The Hall–Kier alpha value is -1.34. The lowest BCUT2D eigenvalue weighted by atomic mass is 10.3. The van der Waals surface area contributed by atoms with Crippen LogP contribution in [0.25, 0.3) is 0 Å². The summed E-state index contributed by atoms with van der Waals surface area (Å²) in [6.45, 7) is 6.27. The Morgan fingerprint density at radius 3 is 2.40 bits per heavy atom. The zero-order valence-electron chi connectivity index (χ0n) is 12.0. The van der Waals surface area contributed by atoms with Gasteiger partial charge in [-0.15, -0.1) is 0 Å². The fourth-order valence-corrected chi connectivity index (χ4v) is 4.11. The summed E-state index contributed by atoms with van der Waals surface area (Å²) >= 11 is 0. The van der Waals surface area contributed by atoms with E-state index in [1.54, 1.807) is 16.6 Å². The summed E-state index contributed by atoms with van der Waals surface area (Å²) in [5, 5.41) is 0. The molecule has 0 spiro atoms. The molecule has 2 rings (SSSR count). The Kier molecular flexibility index (Phi) is 4.49. The molecule has 6 nitrogen and oxygen atoms in total. The molecule has 0 aliphatic carbocycles. The second-order valence-electron chi connectivity index (χ2n) is 5.50. The van der Waals surface area contributed by atoms with Gasteiger partial charge in [-0.25, -0.2) is 13.4 Å². The Bertz CT molecular complexity index is 534. The van der Waals surface area contributed by atoms with Crippen LogP contribution in [0.15, 0.2) is 18.3 Å². The van der Waals surface area contributed by atoms with E-state index in [1.807, 2.05) is 19.9 Å². The molecule has 0 amide bonds. The maximum Gasteiger partial charge on any atom is 0.214 e. The van der Waals surface area contributed by atoms with Crippen molar-refractivity contribution < 1.29 is 8.42 Å². The van der Waals surface area contributed by atoms with Crippen LogP contribution in [0.2, 0.25) is 0 Å². The SMILES string of the molecule is CC(C)CS(=O)(=O)N1CCN(c2ccc(N)nc2)CC1. The number of pyridine rings is 1. The Balaban J connectivity index is 1.97. The van der Waals surface area contributed by atoms with Crippen molar-refractivity contribution >= 4 is 21.5 Å². The minimum Gasteiger partial charge on any atom is -0.384 e. The lowest BCUT2D eigenvalue weighted by Crippen LogP contribution is -2.49. The Morgan fingerprint density at radius 1 is 1.25 bits per heavy atom. The number of sulfonamides is 1. The van der Waals surface area contributed by atoms with Crippen molar-refractivity contribution in [2.24, 2.45) is 5.92 Å². The lowest BCUT2D eigenvalue weighted by molar-refractivity contribution is 0.382. The van der Waals surface area contributed by atoms with E-state index in [2.05, 4.69) is 9.88 Å². The predicted octanol–water partition coefficient (Wildman–Crippen LogP) is 0.772. The van der Waals surface area contributed by atoms with Crippen molar-refractivity contribution in [3.05, 3.63) is 18.3 Å². The summed E-state index contributed by atoms with van der Waals surface area (Å²) in [7, 11) is -3.12. The van der Waals surface area contributed by atoms with Gasteiger partial charge in [-0.3, -0.25) is 0 Å². The van der Waals surface area contributed by atoms with E-state index >= 15 is 0 Å². The van der Waals surface area contributed by atoms with Crippen LogP contribution < -0.4 is 10.6 Å². The number of aromatic nitrogens is 1. The maximum atomic E-state index is 12.2. The molecule has 1 aliphatic rings. The summed E-state index contributed by atoms with van der Waals surface area (Å²) in [6, 6.07) is 3.68. The molecule has 0 unspecified atom stereocenters. The zero-order valence-corrected chi connectivity index (χ0v) is 12.8. The van der Waals surface area contributed by atoms with Crippen LogP contribution in [0.3, 0.4) is 0 Å². The van der Waals surface area contributed by atoms with Crippen LogP contribution in [-0.2, 0) is 10.0 Å². The van der Waals surface area contributed by atoms with E-state index in [0.29, 0.717) is 32.0 Å². The van der Waals surface area contributed by atoms with Gasteiger partial charge in [0.2, 0.25) is 10.0 Å². The number of nitrogens with zero attached hydrogens (tertiary/aromatic N) is 3. The van der Waals surface area contributed by atoms with E-state index in [-0.39, 0.29) is 11.7 Å². The van der Waals surface area contributed by atoms with Crippen LogP contribution in [0, 0.1) is 5.92 Å². The molecule has 1 aliphatic heterocycles. The van der Waals surface area contributed by atoms with Gasteiger partial charge in [0.05, 0.1) is 17.6 Å². The van der Waals surface area contributed by atoms with E-state index < -0.39 is 10.0 Å². The van der Waals surface area contributed by atoms with Crippen LogP contribution >= 0.6 is 0 Å². The first-order valence-corrected chi connectivity index (χ1v) is 8.44. The molecule has 7 heteroatoms. The first-order valence-electron chi connectivity index (χ1n) is 6.83. The highest BCUT2D eigenvalue weighted by Crippen LogP contribution is 2.18. The summed E-state index contributed by atoms with van der Waals surface area (Å²) in [6.07, 6.45) is 1.73. The van der Waals surface area contributed by atoms with Gasteiger partial charge < -0.3 is 10.6 Å². The van der Waals surface area contributed by atoms with E-state index in [9.17, 15) is 8.42 Å². The highest BCUT2D eigenvalue weighted by atomic mass is 32.2. The van der Waals surface area contributed by atoms with Gasteiger partial charge in [0.1, 0.15) is 5.82 Å². The van der Waals surface area contributed by atoms with Crippen LogP contribution in [0.5, 0.6) is 0 Å². The average molecular weight is 298 g/mol. The van der Waals surface area contributed by atoms with E-state index in [4.69, 9.17) is 5.73 Å². The molecule has 112 valence electrons. The van der Waals surface area contributed by atoms with Crippen molar-refractivity contribution in [2.45, 2.75) is 13.8 Å². The molecule has 0 radical (unpaired) electrons. The number of rotatable bonds is 4. The highest BCUT2D eigenvalue weighted by molar-refractivity contribution is 7.89. The fourth-order valence-electron chi connectivity index (χ4n) is 2.34. The lowest BCUT2D eigenvalue weighted by Gasteiger charge is -2.35. The molecule has 1 aromatic rings. The Labute approximate surface area is 120 Å². The molecule has 0 atom stereocenters. The number of hydrogen-bond donors (Lipinski definition) is 1. The van der Waals surface area contributed by atoms with Gasteiger partial charge in [0.15, 0.2) is 0 Å². The number of hydrogen-bond acceptors (Lipinski definition) is 5. The smallest absolute Gasteiger partial charge is 0.214 e. The Morgan fingerprint density at radius 2 is 1.90 bits per heavy atom. The van der Waals surface area contributed by atoms with Gasteiger partial charge in [-0.1, -0.05) is 13.8 Å². The summed E-state index contributed by atoms with van der Waals surface area (Å²) in [5.41, 5.74) is 6.55. The van der Waals surface area contributed by atoms with Crippen molar-refractivity contribution in [3.63, 3.8) is 0 Å². The topological polar surface area (TPSA) is 79.5 Å². The normalized spacial score (nSPS) is 17.6. The molecule has 1 aromatic heterocycles. The van der Waals surface area contributed by atoms with Gasteiger partial charge in [-0.05, 0) is 18.1 Å². The van der Waals surface area contributed by atoms with Crippen LogP contribution in [0.1, 0.15) is 13.8 Å². The van der Waals surface area contributed by atoms with Crippen LogP contribution in [-0.4, -0.2) is 49.6 Å². The van der Waals surface area contributed by atoms with Gasteiger partial charge >= 0.3 is 0 Å². The first-order chi connectivity index (χ1) is 9.38. The molecule has 1 saturated heterocycles. The van der Waals surface area contributed by atoms with E-state index in [1.165, 1.54) is 0 Å². The molecule has 0 aromatic carbocycles. The average Bonchev–Trinajstić information content (AvgIpc) is 2.38. The molecular weight excluding hydrogens is 276 g/mol. The minimum atomic E-state index is -3.12. The fraction of sp³-hybridized carbons (Fsp3) is 0.615. The van der Waals surface area contributed by atoms with Crippen molar-refractivity contribution in [3.8, 4) is 0 Å². The number of nitrogen functional groups attached to an aromatic ring is 1. The predicted molar refractivity (Wildman–Crippen MR) is 81.1 cm³/mol. The van der Waals surface area contributed by atoms with Crippen molar-refractivity contribution in [1.82, 2.24) is 9.29 Å². The summed E-state index contributed by atoms with van der Waals surface area (Å²) in [5.74, 6) is 0.863. The largest absolute Gasteiger partial charge is 0.384 e. The number of anilines is 2. The quantitative estimate of drug-likeness (QED) is 0.888. The van der Waals surface area contributed by atoms with Crippen molar-refractivity contribution in [1.29, 1.82) is 0 Å².